The minimum atomic E-state index is -3.72. The van der Waals surface area contributed by atoms with E-state index in [2.05, 4.69) is 20.3 Å². The third kappa shape index (κ3) is 7.03. The van der Waals surface area contributed by atoms with E-state index in [1.54, 1.807) is 37.4 Å². The van der Waals surface area contributed by atoms with Gasteiger partial charge < -0.3 is 15.4 Å². The van der Waals surface area contributed by atoms with Crippen LogP contribution < -0.4 is 15.4 Å². The number of amides is 1. The highest BCUT2D eigenvalue weighted by Crippen LogP contribution is 2.27. The quantitative estimate of drug-likeness (QED) is 0.341. The standard InChI is InChI=1S/C27H33FN4O4S/c1-18(19-3-8-22(28)9-4-19)30-27(33)20-5-10-23(11-6-20)32-37(34,35)24-12-13-25-21(17-24)7-14-26(31-25)29-15-16-36-2/h3-4,7-9,12-14,17-18,20,23,32H,5-6,10-11,15-16H2,1-2H3,(H,29,31)(H,30,33)/t18-,20-,23-/m1/s1. The molecule has 1 fully saturated rings. The third-order valence-electron chi connectivity index (χ3n) is 6.73. The lowest BCUT2D eigenvalue weighted by atomic mass is 9.85. The Balaban J connectivity index is 1.31. The number of halogens is 1. The first-order chi connectivity index (χ1) is 17.7. The summed E-state index contributed by atoms with van der Waals surface area (Å²) in [4.78, 5) is 17.5. The average molecular weight is 529 g/mol. The molecule has 198 valence electrons. The van der Waals surface area contributed by atoms with Crippen LogP contribution in [0, 0.1) is 11.7 Å². The van der Waals surface area contributed by atoms with Gasteiger partial charge in [0.1, 0.15) is 11.6 Å². The molecule has 1 saturated carbocycles. The number of fused-ring (bicyclic) bond motifs is 1. The summed E-state index contributed by atoms with van der Waals surface area (Å²) in [5.74, 6) is 0.146. The Morgan fingerprint density at radius 2 is 1.81 bits per heavy atom. The van der Waals surface area contributed by atoms with E-state index in [1.165, 1.54) is 12.1 Å². The van der Waals surface area contributed by atoms with Crippen LogP contribution in [0.4, 0.5) is 10.2 Å². The number of hydrogen-bond donors (Lipinski definition) is 3. The zero-order chi connectivity index (χ0) is 26.4. The molecule has 0 spiro atoms. The molecule has 4 rings (SSSR count). The van der Waals surface area contributed by atoms with Crippen LogP contribution in [0.15, 0.2) is 59.5 Å². The van der Waals surface area contributed by atoms with Gasteiger partial charge in [-0.1, -0.05) is 12.1 Å². The van der Waals surface area contributed by atoms with Crippen molar-refractivity contribution < 1.29 is 22.3 Å². The number of methoxy groups -OCH3 is 1. The van der Waals surface area contributed by atoms with E-state index in [4.69, 9.17) is 4.74 Å². The number of nitrogens with zero attached hydrogens (tertiary/aromatic N) is 1. The fourth-order valence-electron chi connectivity index (χ4n) is 4.58. The first-order valence-electron chi connectivity index (χ1n) is 12.5. The maximum atomic E-state index is 13.2. The summed E-state index contributed by atoms with van der Waals surface area (Å²) in [7, 11) is -2.09. The second kappa shape index (κ2) is 12.0. The predicted octanol–water partition coefficient (Wildman–Crippen LogP) is 4.15. The van der Waals surface area contributed by atoms with Crippen LogP contribution in [0.1, 0.15) is 44.2 Å². The van der Waals surface area contributed by atoms with Gasteiger partial charge in [0.2, 0.25) is 15.9 Å². The minimum absolute atomic E-state index is 0.0590. The Bertz CT molecular complexity index is 1330. The van der Waals surface area contributed by atoms with Crippen LogP contribution in [-0.2, 0) is 19.6 Å². The highest BCUT2D eigenvalue weighted by atomic mass is 32.2. The summed E-state index contributed by atoms with van der Waals surface area (Å²) in [6.45, 7) is 3.05. The van der Waals surface area contributed by atoms with Gasteiger partial charge in [-0.15, -0.1) is 0 Å². The molecular weight excluding hydrogens is 495 g/mol. The number of ether oxygens (including phenoxy) is 1. The Kier molecular flexibility index (Phi) is 8.73. The number of sulfonamides is 1. The van der Waals surface area contributed by atoms with Crippen molar-refractivity contribution in [3.05, 3.63) is 66.0 Å². The number of benzene rings is 2. The van der Waals surface area contributed by atoms with Crippen LogP contribution in [-0.4, -0.2) is 45.6 Å². The summed E-state index contributed by atoms with van der Waals surface area (Å²) in [6, 6.07) is 14.1. The highest BCUT2D eigenvalue weighted by molar-refractivity contribution is 7.89. The zero-order valence-electron chi connectivity index (χ0n) is 21.0. The van der Waals surface area contributed by atoms with Gasteiger partial charge >= 0.3 is 0 Å². The summed E-state index contributed by atoms with van der Waals surface area (Å²) in [5, 5.41) is 6.88. The summed E-state index contributed by atoms with van der Waals surface area (Å²) < 4.78 is 47.1. The zero-order valence-corrected chi connectivity index (χ0v) is 21.9. The van der Waals surface area contributed by atoms with Gasteiger partial charge in [0.05, 0.1) is 23.1 Å². The van der Waals surface area contributed by atoms with Gasteiger partial charge in [-0.05, 0) is 80.6 Å². The lowest BCUT2D eigenvalue weighted by Gasteiger charge is -2.29. The van der Waals surface area contributed by atoms with E-state index in [0.717, 1.165) is 10.9 Å². The molecule has 1 heterocycles. The van der Waals surface area contributed by atoms with Crippen molar-refractivity contribution in [2.75, 3.05) is 25.6 Å². The SMILES string of the molecule is COCCNc1ccc2cc(S(=O)(=O)N[C@H]3CC[C@H](C(=O)N[C@H](C)c4ccc(F)cc4)CC3)ccc2n1. The number of carbonyl (C=O) groups excluding carboxylic acids is 1. The van der Waals surface area contributed by atoms with E-state index in [9.17, 15) is 17.6 Å². The number of anilines is 1. The van der Waals surface area contributed by atoms with Gasteiger partial charge in [0, 0.05) is 31.0 Å². The van der Waals surface area contributed by atoms with Gasteiger partial charge in [-0.25, -0.2) is 22.5 Å². The Morgan fingerprint density at radius 1 is 1.08 bits per heavy atom. The highest BCUT2D eigenvalue weighted by Gasteiger charge is 2.30. The van der Waals surface area contributed by atoms with Crippen LogP contribution in [0.2, 0.25) is 0 Å². The van der Waals surface area contributed by atoms with Crippen LogP contribution in [0.25, 0.3) is 10.9 Å². The fourth-order valence-corrected chi connectivity index (χ4v) is 5.92. The maximum Gasteiger partial charge on any atom is 0.240 e. The van der Waals surface area contributed by atoms with E-state index < -0.39 is 10.0 Å². The average Bonchev–Trinajstić information content (AvgIpc) is 2.89. The van der Waals surface area contributed by atoms with E-state index >= 15 is 0 Å². The maximum absolute atomic E-state index is 13.2. The lowest BCUT2D eigenvalue weighted by molar-refractivity contribution is -0.126. The molecular formula is C27H33FN4O4S. The molecule has 0 aliphatic heterocycles. The fraction of sp³-hybridized carbons (Fsp3) is 0.407. The molecule has 2 aromatic carbocycles. The molecule has 1 aliphatic rings. The van der Waals surface area contributed by atoms with Gasteiger partial charge in [-0.3, -0.25) is 4.79 Å². The number of pyridine rings is 1. The minimum Gasteiger partial charge on any atom is -0.383 e. The van der Waals surface area contributed by atoms with Crippen molar-refractivity contribution in [2.45, 2.75) is 49.6 Å². The number of carbonyl (C=O) groups is 1. The predicted molar refractivity (Wildman–Crippen MR) is 141 cm³/mol. The lowest BCUT2D eigenvalue weighted by Crippen LogP contribution is -2.41. The molecule has 1 atom stereocenters. The Labute approximate surface area is 217 Å². The first kappa shape index (κ1) is 27.0. The van der Waals surface area contributed by atoms with Gasteiger partial charge in [0.25, 0.3) is 0 Å². The van der Waals surface area contributed by atoms with Crippen LogP contribution in [0.5, 0.6) is 0 Å². The van der Waals surface area contributed by atoms with Crippen molar-refractivity contribution in [1.82, 2.24) is 15.0 Å². The van der Waals surface area contributed by atoms with Gasteiger partial charge in [-0.2, -0.15) is 0 Å². The van der Waals surface area contributed by atoms with Crippen LogP contribution in [0.3, 0.4) is 0 Å². The second-order valence-corrected chi connectivity index (χ2v) is 11.1. The first-order valence-corrected chi connectivity index (χ1v) is 14.0. The summed E-state index contributed by atoms with van der Waals surface area (Å²) >= 11 is 0. The Morgan fingerprint density at radius 3 is 2.51 bits per heavy atom. The number of rotatable bonds is 10. The molecule has 1 aromatic heterocycles. The normalized spacial score (nSPS) is 18.9. The van der Waals surface area contributed by atoms with Crippen molar-refractivity contribution in [1.29, 1.82) is 0 Å². The van der Waals surface area contributed by atoms with Crippen molar-refractivity contribution in [3.63, 3.8) is 0 Å². The summed E-state index contributed by atoms with van der Waals surface area (Å²) in [6.07, 6.45) is 2.34. The second-order valence-electron chi connectivity index (χ2n) is 9.42. The monoisotopic (exact) mass is 528 g/mol. The number of hydrogen-bond acceptors (Lipinski definition) is 6. The molecule has 1 amide bonds. The number of aromatic nitrogens is 1. The van der Waals surface area contributed by atoms with Crippen molar-refractivity contribution >= 4 is 32.7 Å². The van der Waals surface area contributed by atoms with E-state index in [1.807, 2.05) is 19.1 Å². The molecule has 8 nitrogen and oxygen atoms in total. The third-order valence-corrected chi connectivity index (χ3v) is 8.25. The molecule has 37 heavy (non-hydrogen) atoms. The molecule has 0 unspecified atom stereocenters. The van der Waals surface area contributed by atoms with Crippen molar-refractivity contribution in [3.8, 4) is 0 Å². The van der Waals surface area contributed by atoms with Gasteiger partial charge in [0.15, 0.2) is 0 Å². The summed E-state index contributed by atoms with van der Waals surface area (Å²) in [5.41, 5.74) is 1.53. The molecule has 0 bridgehead atoms. The van der Waals surface area contributed by atoms with Crippen molar-refractivity contribution in [2.24, 2.45) is 5.92 Å². The molecule has 3 N–H and O–H groups in total. The van der Waals surface area contributed by atoms with E-state index in [0.29, 0.717) is 50.2 Å². The molecule has 3 aromatic rings. The molecule has 10 heteroatoms. The number of nitrogens with one attached hydrogen (secondary N) is 3. The molecule has 1 aliphatic carbocycles. The molecule has 0 saturated heterocycles. The smallest absolute Gasteiger partial charge is 0.240 e. The van der Waals surface area contributed by atoms with E-state index in [-0.39, 0.29) is 34.6 Å². The topological polar surface area (TPSA) is 109 Å². The Hall–Kier alpha value is -3.08. The molecule has 0 radical (unpaired) electrons. The largest absolute Gasteiger partial charge is 0.383 e. The van der Waals surface area contributed by atoms with Crippen LogP contribution >= 0.6 is 0 Å².